The Kier molecular flexibility index (Phi) is 4.39. The van der Waals surface area contributed by atoms with E-state index < -0.39 is 6.09 Å². The molecule has 0 radical (unpaired) electrons. The Morgan fingerprint density at radius 3 is 2.81 bits per heavy atom. The second kappa shape index (κ2) is 6.87. The Hall–Kier alpha value is -3.15. The highest BCUT2D eigenvalue weighted by atomic mass is 16.4. The van der Waals surface area contributed by atoms with E-state index in [1.165, 1.54) is 4.90 Å². The lowest BCUT2D eigenvalue weighted by atomic mass is 10.1. The third-order valence-corrected chi connectivity index (χ3v) is 5.05. The highest BCUT2D eigenvalue weighted by molar-refractivity contribution is 5.89. The Morgan fingerprint density at radius 2 is 2.04 bits per heavy atom. The fraction of sp³-hybridized carbons (Fsp3) is 0.286. The van der Waals surface area contributed by atoms with Crippen LogP contribution < -0.4 is 10.5 Å². The molecule has 1 amide bonds. The Bertz CT molecular complexity index is 1090. The van der Waals surface area contributed by atoms with Crippen molar-refractivity contribution in [3.63, 3.8) is 0 Å². The number of unbranched alkanes of at least 4 members (excludes halogenated alkanes) is 1. The predicted octanol–water partition coefficient (Wildman–Crippen LogP) is 3.77. The van der Waals surface area contributed by atoms with Crippen LogP contribution in [0.1, 0.15) is 31.2 Å². The van der Waals surface area contributed by atoms with Crippen molar-refractivity contribution >= 4 is 22.7 Å². The van der Waals surface area contributed by atoms with Gasteiger partial charge in [-0.1, -0.05) is 25.5 Å². The first-order valence-corrected chi connectivity index (χ1v) is 9.24. The van der Waals surface area contributed by atoms with Gasteiger partial charge in [-0.25, -0.2) is 9.78 Å². The van der Waals surface area contributed by atoms with Gasteiger partial charge in [0, 0.05) is 13.0 Å². The van der Waals surface area contributed by atoms with Crippen LogP contribution in [-0.2, 0) is 12.8 Å². The average Bonchev–Trinajstić information content (AvgIpc) is 3.10. The van der Waals surface area contributed by atoms with Crippen LogP contribution in [-0.4, -0.2) is 27.3 Å². The molecule has 3 aromatic rings. The molecule has 0 bridgehead atoms. The van der Waals surface area contributed by atoms with E-state index in [4.69, 9.17) is 4.98 Å². The third-order valence-electron chi connectivity index (χ3n) is 5.05. The number of hydrogen-bond donors (Lipinski definition) is 1. The first-order chi connectivity index (χ1) is 13.1. The molecular weight excluding hydrogens is 342 g/mol. The van der Waals surface area contributed by atoms with Crippen molar-refractivity contribution in [2.45, 2.75) is 32.6 Å². The summed E-state index contributed by atoms with van der Waals surface area (Å²) in [6.07, 6.45) is 2.38. The van der Waals surface area contributed by atoms with Crippen LogP contribution in [0.3, 0.4) is 0 Å². The number of aromatic nitrogens is 2. The summed E-state index contributed by atoms with van der Waals surface area (Å²) in [5.41, 5.74) is 3.01. The maximum Gasteiger partial charge on any atom is 0.411 e. The smallest absolute Gasteiger partial charge is 0.411 e. The van der Waals surface area contributed by atoms with Crippen molar-refractivity contribution in [2.24, 2.45) is 0 Å². The second-order valence-electron chi connectivity index (χ2n) is 6.79. The molecule has 1 aromatic heterocycles. The summed E-state index contributed by atoms with van der Waals surface area (Å²) in [5, 5.41) is 9.90. The quantitative estimate of drug-likeness (QED) is 0.766. The Labute approximate surface area is 156 Å². The normalized spacial score (nSPS) is 13.1. The fourth-order valence-electron chi connectivity index (χ4n) is 3.67. The molecule has 1 aliphatic rings. The van der Waals surface area contributed by atoms with Crippen LogP contribution in [0.5, 0.6) is 0 Å². The van der Waals surface area contributed by atoms with Crippen LogP contribution >= 0.6 is 0 Å². The van der Waals surface area contributed by atoms with Crippen LogP contribution in [0.25, 0.3) is 16.6 Å². The van der Waals surface area contributed by atoms with E-state index in [-0.39, 0.29) is 5.56 Å². The number of fused-ring (bicyclic) bond motifs is 2. The summed E-state index contributed by atoms with van der Waals surface area (Å²) in [6, 6.07) is 12.9. The predicted molar refractivity (Wildman–Crippen MR) is 105 cm³/mol. The maximum absolute atomic E-state index is 13.2. The molecule has 2 aromatic carbocycles. The van der Waals surface area contributed by atoms with Gasteiger partial charge in [0.25, 0.3) is 5.56 Å². The first-order valence-electron chi connectivity index (χ1n) is 9.24. The monoisotopic (exact) mass is 363 g/mol. The minimum Gasteiger partial charge on any atom is -0.465 e. The summed E-state index contributed by atoms with van der Waals surface area (Å²) < 4.78 is 1.68. The van der Waals surface area contributed by atoms with Gasteiger partial charge >= 0.3 is 6.09 Å². The number of carboxylic acid groups (broad SMARTS) is 1. The molecule has 0 saturated carbocycles. The van der Waals surface area contributed by atoms with E-state index in [0.29, 0.717) is 29.6 Å². The zero-order valence-corrected chi connectivity index (χ0v) is 15.2. The molecule has 6 heteroatoms. The topological polar surface area (TPSA) is 75.4 Å². The van der Waals surface area contributed by atoms with Crippen molar-refractivity contribution < 1.29 is 9.90 Å². The molecule has 27 heavy (non-hydrogen) atoms. The molecule has 0 spiro atoms. The first kappa shape index (κ1) is 17.3. The van der Waals surface area contributed by atoms with Gasteiger partial charge in [-0.3, -0.25) is 14.3 Å². The Balaban J connectivity index is 1.89. The van der Waals surface area contributed by atoms with Crippen LogP contribution in [0, 0.1) is 0 Å². The maximum atomic E-state index is 13.2. The van der Waals surface area contributed by atoms with Crippen molar-refractivity contribution in [3.05, 3.63) is 64.2 Å². The van der Waals surface area contributed by atoms with Crippen molar-refractivity contribution in [1.82, 2.24) is 9.55 Å². The minimum atomic E-state index is -0.949. The number of benzene rings is 2. The van der Waals surface area contributed by atoms with Gasteiger partial charge in [0.15, 0.2) is 0 Å². The summed E-state index contributed by atoms with van der Waals surface area (Å²) >= 11 is 0. The standard InChI is InChI=1S/C21H21N3O3/c1-2-3-8-19-22-17-7-5-4-6-16(17)20(25)24(19)15-9-10-18-14(13-15)11-12-23(18)21(26)27/h4-7,9-10,13H,2-3,8,11-12H2,1H3,(H,26,27). The molecule has 4 rings (SSSR count). The van der Waals surface area contributed by atoms with E-state index in [1.807, 2.05) is 30.3 Å². The number of anilines is 1. The number of aryl methyl sites for hydroxylation is 1. The molecule has 0 saturated heterocycles. The zero-order valence-electron chi connectivity index (χ0n) is 15.2. The van der Waals surface area contributed by atoms with Gasteiger partial charge < -0.3 is 5.11 Å². The van der Waals surface area contributed by atoms with E-state index in [0.717, 1.165) is 36.3 Å². The molecule has 0 atom stereocenters. The fourth-order valence-corrected chi connectivity index (χ4v) is 3.67. The van der Waals surface area contributed by atoms with Gasteiger partial charge in [-0.2, -0.15) is 0 Å². The summed E-state index contributed by atoms with van der Waals surface area (Å²) in [5.74, 6) is 0.744. The molecule has 1 N–H and O–H groups in total. The number of hydrogen-bond acceptors (Lipinski definition) is 3. The lowest BCUT2D eigenvalue weighted by Gasteiger charge is -2.16. The van der Waals surface area contributed by atoms with Gasteiger partial charge in [0.2, 0.25) is 0 Å². The molecular formula is C21H21N3O3. The molecule has 0 fully saturated rings. The number of carbonyl (C=O) groups is 1. The van der Waals surface area contributed by atoms with Gasteiger partial charge in [-0.05, 0) is 48.7 Å². The SMILES string of the molecule is CCCCc1nc2ccccc2c(=O)n1-c1ccc2c(c1)CCN2C(=O)O. The summed E-state index contributed by atoms with van der Waals surface area (Å²) in [4.78, 5) is 30.6. The lowest BCUT2D eigenvalue weighted by Crippen LogP contribution is -2.26. The van der Waals surface area contributed by atoms with E-state index in [2.05, 4.69) is 6.92 Å². The van der Waals surface area contributed by atoms with E-state index in [1.54, 1.807) is 16.7 Å². The largest absolute Gasteiger partial charge is 0.465 e. The Morgan fingerprint density at radius 1 is 1.22 bits per heavy atom. The average molecular weight is 363 g/mol. The van der Waals surface area contributed by atoms with Gasteiger partial charge in [0.1, 0.15) is 5.82 Å². The summed E-state index contributed by atoms with van der Waals surface area (Å²) in [7, 11) is 0. The molecule has 6 nitrogen and oxygen atoms in total. The van der Waals surface area contributed by atoms with Crippen LogP contribution in [0.2, 0.25) is 0 Å². The van der Waals surface area contributed by atoms with Gasteiger partial charge in [0.05, 0.1) is 22.3 Å². The highest BCUT2D eigenvalue weighted by Gasteiger charge is 2.25. The third kappa shape index (κ3) is 2.97. The van der Waals surface area contributed by atoms with Crippen molar-refractivity contribution in [3.8, 4) is 5.69 Å². The zero-order chi connectivity index (χ0) is 19.0. The van der Waals surface area contributed by atoms with E-state index >= 15 is 0 Å². The number of para-hydroxylation sites is 1. The van der Waals surface area contributed by atoms with E-state index in [9.17, 15) is 14.7 Å². The lowest BCUT2D eigenvalue weighted by molar-refractivity contribution is 0.202. The minimum absolute atomic E-state index is 0.0836. The molecule has 138 valence electrons. The number of nitrogens with zero attached hydrogens (tertiary/aromatic N) is 3. The molecule has 0 unspecified atom stereocenters. The van der Waals surface area contributed by atoms with Crippen LogP contribution in [0.15, 0.2) is 47.3 Å². The van der Waals surface area contributed by atoms with Crippen LogP contribution in [0.4, 0.5) is 10.5 Å². The second-order valence-corrected chi connectivity index (χ2v) is 6.79. The molecule has 1 aliphatic heterocycles. The number of rotatable bonds is 4. The van der Waals surface area contributed by atoms with Crippen molar-refractivity contribution in [1.29, 1.82) is 0 Å². The number of amides is 1. The van der Waals surface area contributed by atoms with Crippen molar-refractivity contribution in [2.75, 3.05) is 11.4 Å². The molecule has 0 aliphatic carbocycles. The highest BCUT2D eigenvalue weighted by Crippen LogP contribution is 2.30. The van der Waals surface area contributed by atoms with Gasteiger partial charge in [-0.15, -0.1) is 0 Å². The summed E-state index contributed by atoms with van der Waals surface area (Å²) in [6.45, 7) is 2.56. The molecule has 2 heterocycles.